The molecule has 0 atom stereocenters. The molecule has 4 aromatic rings. The molecule has 0 saturated heterocycles. The van der Waals surface area contributed by atoms with Crippen molar-refractivity contribution in [2.75, 3.05) is 5.32 Å². The van der Waals surface area contributed by atoms with Gasteiger partial charge in [0.15, 0.2) is 0 Å². The van der Waals surface area contributed by atoms with E-state index in [-0.39, 0.29) is 5.92 Å². The highest BCUT2D eigenvalue weighted by atomic mass is 16.6. The summed E-state index contributed by atoms with van der Waals surface area (Å²) in [4.78, 5) is 24.5. The van der Waals surface area contributed by atoms with Gasteiger partial charge in [0.2, 0.25) is 0 Å². The molecule has 46 heavy (non-hydrogen) atoms. The van der Waals surface area contributed by atoms with Crippen molar-refractivity contribution in [1.82, 2.24) is 10.7 Å². The molecular formula is C37H42N4O5. The SMILES string of the molecule is CC(C)c1cc(/C=N/NC(=O)Nc2ccc(CNC(=O)OC(C)(C)C)cc2)c(OCc2ccccc2)cc1OCc1ccccc1. The summed E-state index contributed by atoms with van der Waals surface area (Å²) in [6.07, 6.45) is 1.08. The van der Waals surface area contributed by atoms with Crippen LogP contribution in [0.5, 0.6) is 11.5 Å². The van der Waals surface area contributed by atoms with Crippen LogP contribution in [0.25, 0.3) is 0 Å². The fourth-order valence-electron chi connectivity index (χ4n) is 4.38. The Morgan fingerprint density at radius 2 is 1.37 bits per heavy atom. The van der Waals surface area contributed by atoms with Crippen molar-refractivity contribution in [3.05, 3.63) is 125 Å². The second-order valence-corrected chi connectivity index (χ2v) is 12.0. The van der Waals surface area contributed by atoms with Crippen molar-refractivity contribution in [2.45, 2.75) is 65.9 Å². The number of nitrogens with one attached hydrogen (secondary N) is 3. The van der Waals surface area contributed by atoms with Crippen LogP contribution in [-0.2, 0) is 24.5 Å². The molecule has 0 aliphatic heterocycles. The molecule has 4 aromatic carbocycles. The second-order valence-electron chi connectivity index (χ2n) is 12.0. The molecule has 4 rings (SSSR count). The van der Waals surface area contributed by atoms with Crippen LogP contribution in [0.3, 0.4) is 0 Å². The first-order chi connectivity index (χ1) is 22.1. The van der Waals surface area contributed by atoms with Crippen molar-refractivity contribution in [1.29, 1.82) is 0 Å². The fourth-order valence-corrected chi connectivity index (χ4v) is 4.38. The molecule has 9 heteroatoms. The molecule has 0 heterocycles. The van der Waals surface area contributed by atoms with E-state index in [2.05, 4.69) is 35.0 Å². The van der Waals surface area contributed by atoms with Gasteiger partial charge in [0.25, 0.3) is 0 Å². The van der Waals surface area contributed by atoms with Crippen LogP contribution in [-0.4, -0.2) is 23.9 Å². The van der Waals surface area contributed by atoms with Crippen molar-refractivity contribution in [2.24, 2.45) is 5.10 Å². The predicted molar refractivity (Wildman–Crippen MR) is 181 cm³/mol. The van der Waals surface area contributed by atoms with E-state index in [4.69, 9.17) is 14.2 Å². The topological polar surface area (TPSA) is 110 Å². The predicted octanol–water partition coefficient (Wildman–Crippen LogP) is 8.15. The van der Waals surface area contributed by atoms with E-state index in [1.807, 2.05) is 106 Å². The minimum absolute atomic E-state index is 0.166. The fraction of sp³-hybridized carbons (Fsp3) is 0.270. The summed E-state index contributed by atoms with van der Waals surface area (Å²) < 4.78 is 17.8. The molecule has 9 nitrogen and oxygen atoms in total. The first kappa shape index (κ1) is 33.6. The molecule has 0 aromatic heterocycles. The number of hydrogen-bond acceptors (Lipinski definition) is 6. The zero-order valence-corrected chi connectivity index (χ0v) is 27.0. The lowest BCUT2D eigenvalue weighted by atomic mass is 9.99. The molecule has 0 spiro atoms. The lowest BCUT2D eigenvalue weighted by Crippen LogP contribution is -2.32. The molecule has 0 bridgehead atoms. The van der Waals surface area contributed by atoms with Gasteiger partial charge in [0.05, 0.1) is 6.21 Å². The largest absolute Gasteiger partial charge is 0.488 e. The Morgan fingerprint density at radius 3 is 1.93 bits per heavy atom. The number of benzene rings is 4. The first-order valence-electron chi connectivity index (χ1n) is 15.2. The van der Waals surface area contributed by atoms with Crippen molar-refractivity contribution < 1.29 is 23.8 Å². The van der Waals surface area contributed by atoms with E-state index in [1.165, 1.54) is 0 Å². The maximum absolute atomic E-state index is 12.6. The van der Waals surface area contributed by atoms with Gasteiger partial charge in [-0.1, -0.05) is 86.6 Å². The molecule has 0 radical (unpaired) electrons. The summed E-state index contributed by atoms with van der Waals surface area (Å²) in [5, 5.41) is 9.67. The van der Waals surface area contributed by atoms with Gasteiger partial charge in [-0.15, -0.1) is 0 Å². The third-order valence-corrected chi connectivity index (χ3v) is 6.66. The Kier molecular flexibility index (Phi) is 11.8. The maximum Gasteiger partial charge on any atom is 0.407 e. The van der Waals surface area contributed by atoms with Crippen LogP contribution in [0.2, 0.25) is 0 Å². The summed E-state index contributed by atoms with van der Waals surface area (Å²) >= 11 is 0. The number of carbonyl (C=O) groups is 2. The van der Waals surface area contributed by atoms with Crippen molar-refractivity contribution in [3.63, 3.8) is 0 Å². The molecule has 0 aliphatic rings. The van der Waals surface area contributed by atoms with Gasteiger partial charge in [-0.3, -0.25) is 0 Å². The number of rotatable bonds is 12. The van der Waals surface area contributed by atoms with Crippen LogP contribution in [0.15, 0.2) is 102 Å². The number of amides is 3. The average molecular weight is 623 g/mol. The zero-order chi connectivity index (χ0) is 32.9. The van der Waals surface area contributed by atoms with E-state index in [0.29, 0.717) is 36.8 Å². The Hall–Kier alpha value is -5.31. The van der Waals surface area contributed by atoms with Crippen LogP contribution >= 0.6 is 0 Å². The number of anilines is 1. The first-order valence-corrected chi connectivity index (χ1v) is 15.2. The average Bonchev–Trinajstić information content (AvgIpc) is 3.03. The van der Waals surface area contributed by atoms with Crippen LogP contribution < -0.4 is 25.5 Å². The minimum atomic E-state index is -0.568. The molecule has 0 fully saturated rings. The Bertz CT molecular complexity index is 1600. The van der Waals surface area contributed by atoms with Crippen LogP contribution in [0.1, 0.15) is 68.4 Å². The Balaban J connectivity index is 1.42. The molecule has 3 N–H and O–H groups in total. The lowest BCUT2D eigenvalue weighted by molar-refractivity contribution is 0.0523. The third-order valence-electron chi connectivity index (χ3n) is 6.66. The molecule has 0 unspecified atom stereocenters. The van der Waals surface area contributed by atoms with Gasteiger partial charge < -0.3 is 24.8 Å². The summed E-state index contributed by atoms with van der Waals surface area (Å²) in [6.45, 7) is 10.7. The van der Waals surface area contributed by atoms with E-state index >= 15 is 0 Å². The van der Waals surface area contributed by atoms with Crippen LogP contribution in [0.4, 0.5) is 15.3 Å². The monoisotopic (exact) mass is 622 g/mol. The second kappa shape index (κ2) is 16.1. The number of hydrogen-bond donors (Lipinski definition) is 3. The standard InChI is InChI=1S/C37H42N4O5/c1-26(2)32-20-30(23-39-41-35(42)40-31-18-16-27(17-19-31)22-38-36(43)46-37(3,4)5)33(44-24-28-12-8-6-9-13-28)21-34(32)45-25-29-14-10-7-11-15-29/h6-21,23,26H,22,24-25H2,1-5H3,(H,38,43)(H2,40,41,42)/b39-23+. The number of ether oxygens (including phenoxy) is 3. The third kappa shape index (κ3) is 11.0. The highest BCUT2D eigenvalue weighted by molar-refractivity contribution is 5.91. The summed E-state index contributed by atoms with van der Waals surface area (Å²) in [5.74, 6) is 1.48. The summed E-state index contributed by atoms with van der Waals surface area (Å²) in [5.41, 5.74) is 7.17. The molecular weight excluding hydrogens is 580 g/mol. The quantitative estimate of drug-likeness (QED) is 0.109. The molecule has 0 saturated carbocycles. The van der Waals surface area contributed by atoms with Gasteiger partial charge in [-0.2, -0.15) is 5.10 Å². The minimum Gasteiger partial charge on any atom is -0.488 e. The van der Waals surface area contributed by atoms with Gasteiger partial charge in [0, 0.05) is 23.9 Å². The van der Waals surface area contributed by atoms with Gasteiger partial charge >= 0.3 is 12.1 Å². The molecule has 240 valence electrons. The van der Waals surface area contributed by atoms with Crippen molar-refractivity contribution >= 4 is 24.0 Å². The van der Waals surface area contributed by atoms with Crippen LogP contribution in [0, 0.1) is 0 Å². The maximum atomic E-state index is 12.6. The smallest absolute Gasteiger partial charge is 0.407 e. The van der Waals surface area contributed by atoms with Gasteiger partial charge in [-0.05, 0) is 67.1 Å². The number of nitrogens with zero attached hydrogens (tertiary/aromatic N) is 1. The molecule has 3 amide bonds. The molecule has 0 aliphatic carbocycles. The van der Waals surface area contributed by atoms with E-state index in [9.17, 15) is 9.59 Å². The number of urea groups is 1. The normalized spacial score (nSPS) is 11.3. The van der Waals surface area contributed by atoms with E-state index < -0.39 is 17.7 Å². The Labute approximate surface area is 271 Å². The number of carbonyl (C=O) groups excluding carboxylic acids is 2. The zero-order valence-electron chi connectivity index (χ0n) is 27.0. The lowest BCUT2D eigenvalue weighted by Gasteiger charge is -2.19. The number of alkyl carbamates (subject to hydrolysis) is 1. The van der Waals surface area contributed by atoms with Gasteiger partial charge in [-0.25, -0.2) is 15.0 Å². The number of hydrazone groups is 1. The van der Waals surface area contributed by atoms with Gasteiger partial charge in [0.1, 0.15) is 30.3 Å². The summed E-state index contributed by atoms with van der Waals surface area (Å²) in [7, 11) is 0. The van der Waals surface area contributed by atoms with Crippen molar-refractivity contribution in [3.8, 4) is 11.5 Å². The summed E-state index contributed by atoms with van der Waals surface area (Å²) in [6, 6.07) is 30.4. The highest BCUT2D eigenvalue weighted by Crippen LogP contribution is 2.34. The Morgan fingerprint density at radius 1 is 0.783 bits per heavy atom. The highest BCUT2D eigenvalue weighted by Gasteiger charge is 2.16. The van der Waals surface area contributed by atoms with E-state index in [1.54, 1.807) is 18.3 Å². The van der Waals surface area contributed by atoms with E-state index in [0.717, 1.165) is 28.0 Å².